The van der Waals surface area contributed by atoms with Gasteiger partial charge in [-0.3, -0.25) is 14.5 Å². The van der Waals surface area contributed by atoms with Crippen molar-refractivity contribution < 1.29 is 27.9 Å². The van der Waals surface area contributed by atoms with Gasteiger partial charge in [-0.2, -0.15) is 0 Å². The van der Waals surface area contributed by atoms with Crippen LogP contribution < -0.4 is 5.32 Å². The first kappa shape index (κ1) is 23.6. The third-order valence-corrected chi connectivity index (χ3v) is 9.21. The van der Waals surface area contributed by atoms with E-state index in [1.807, 2.05) is 6.07 Å². The lowest BCUT2D eigenvalue weighted by Gasteiger charge is -2.49. The SMILES string of the molecule is O=C(Cc1ccccc1)NC1C(=O)N2C(C(=O)O)=C(S(=O)(=O)c3ccc(Cl)cc3Cl)CSC12. The highest BCUT2D eigenvalue weighted by Gasteiger charge is 2.55. The number of carboxylic acid groups (broad SMARTS) is 1. The van der Waals surface area contributed by atoms with Gasteiger partial charge in [0.05, 0.1) is 21.2 Å². The van der Waals surface area contributed by atoms with Gasteiger partial charge in [0.25, 0.3) is 5.91 Å². The Morgan fingerprint density at radius 2 is 1.85 bits per heavy atom. The van der Waals surface area contributed by atoms with E-state index in [9.17, 15) is 27.9 Å². The fourth-order valence-electron chi connectivity index (χ4n) is 3.63. The van der Waals surface area contributed by atoms with Crippen LogP contribution in [0, 0.1) is 0 Å². The van der Waals surface area contributed by atoms with Gasteiger partial charge in [-0.05, 0) is 23.8 Å². The molecule has 2 amide bonds. The number of carbonyl (C=O) groups is 3. The van der Waals surface area contributed by atoms with Crippen molar-refractivity contribution in [3.8, 4) is 0 Å². The monoisotopic (exact) mass is 526 g/mol. The molecule has 12 heteroatoms. The molecule has 0 aromatic heterocycles. The number of nitrogens with zero attached hydrogens (tertiary/aromatic N) is 1. The van der Waals surface area contributed by atoms with E-state index in [0.717, 1.165) is 22.2 Å². The standard InChI is InChI=1S/C21H16Cl2N2O6S2/c22-12-6-7-14(13(23)9-12)33(30,31)15-10-32-20-17(19(27)25(20)18(15)21(28)29)24-16(26)8-11-4-2-1-3-5-11/h1-7,9,17,20H,8,10H2,(H,24,26)(H,28,29). The van der Waals surface area contributed by atoms with Crippen LogP contribution in [-0.4, -0.2) is 53.4 Å². The largest absolute Gasteiger partial charge is 0.477 e. The number of aliphatic carboxylic acids is 1. The van der Waals surface area contributed by atoms with E-state index in [1.165, 1.54) is 18.2 Å². The van der Waals surface area contributed by atoms with E-state index in [2.05, 4.69) is 5.32 Å². The Hall–Kier alpha value is -2.53. The average molecular weight is 527 g/mol. The summed E-state index contributed by atoms with van der Waals surface area (Å²) in [6.07, 6.45) is 0.0539. The van der Waals surface area contributed by atoms with Gasteiger partial charge >= 0.3 is 5.97 Å². The summed E-state index contributed by atoms with van der Waals surface area (Å²) < 4.78 is 26.4. The Morgan fingerprint density at radius 3 is 2.48 bits per heavy atom. The summed E-state index contributed by atoms with van der Waals surface area (Å²) in [6.45, 7) is 0. The summed E-state index contributed by atoms with van der Waals surface area (Å²) in [5.74, 6) is -2.86. The topological polar surface area (TPSA) is 121 Å². The highest BCUT2D eigenvalue weighted by molar-refractivity contribution is 8.02. The fraction of sp³-hybridized carbons (Fsp3) is 0.190. The number of hydrogen-bond acceptors (Lipinski definition) is 6. The molecule has 2 heterocycles. The van der Waals surface area contributed by atoms with Crippen LogP contribution in [0.15, 0.2) is 64.0 Å². The zero-order valence-corrected chi connectivity index (χ0v) is 19.8. The van der Waals surface area contributed by atoms with Crippen molar-refractivity contribution in [2.24, 2.45) is 0 Å². The van der Waals surface area contributed by atoms with Crippen LogP contribution >= 0.6 is 35.0 Å². The Kier molecular flexibility index (Phi) is 6.45. The zero-order chi connectivity index (χ0) is 23.9. The van der Waals surface area contributed by atoms with E-state index < -0.39 is 49.6 Å². The molecule has 172 valence electrons. The molecule has 2 aliphatic rings. The number of sulfone groups is 1. The van der Waals surface area contributed by atoms with Gasteiger partial charge in [-0.15, -0.1) is 11.8 Å². The first-order valence-electron chi connectivity index (χ1n) is 9.56. The van der Waals surface area contributed by atoms with Crippen molar-refractivity contribution in [1.82, 2.24) is 10.2 Å². The number of carboxylic acids is 1. The molecule has 0 radical (unpaired) electrons. The highest BCUT2D eigenvalue weighted by atomic mass is 35.5. The van der Waals surface area contributed by atoms with Crippen molar-refractivity contribution >= 4 is 62.6 Å². The van der Waals surface area contributed by atoms with Crippen molar-refractivity contribution in [1.29, 1.82) is 0 Å². The van der Waals surface area contributed by atoms with Gasteiger partial charge in [0, 0.05) is 10.8 Å². The zero-order valence-electron chi connectivity index (χ0n) is 16.7. The first-order valence-corrected chi connectivity index (χ1v) is 12.8. The molecule has 2 aromatic carbocycles. The molecular formula is C21H16Cl2N2O6S2. The van der Waals surface area contributed by atoms with Gasteiger partial charge in [0.1, 0.15) is 17.1 Å². The van der Waals surface area contributed by atoms with Gasteiger partial charge in [-0.25, -0.2) is 13.2 Å². The lowest BCUT2D eigenvalue weighted by Crippen LogP contribution is -2.70. The fourth-order valence-corrected chi connectivity index (χ4v) is 7.63. The second-order valence-electron chi connectivity index (χ2n) is 7.27. The number of halogens is 2. The van der Waals surface area contributed by atoms with Crippen molar-refractivity contribution in [2.75, 3.05) is 5.75 Å². The quantitative estimate of drug-likeness (QED) is 0.555. The predicted molar refractivity (Wildman–Crippen MR) is 123 cm³/mol. The van der Waals surface area contributed by atoms with Crippen molar-refractivity contribution in [3.05, 3.63) is 74.7 Å². The smallest absolute Gasteiger partial charge is 0.353 e. The third kappa shape index (κ3) is 4.35. The summed E-state index contributed by atoms with van der Waals surface area (Å²) >= 11 is 12.9. The molecule has 33 heavy (non-hydrogen) atoms. The first-order chi connectivity index (χ1) is 15.6. The Bertz CT molecular complexity index is 1300. The van der Waals surface area contributed by atoms with Gasteiger partial charge in [-0.1, -0.05) is 53.5 Å². The number of nitrogens with one attached hydrogen (secondary N) is 1. The molecule has 2 N–H and O–H groups in total. The minimum atomic E-state index is -4.32. The summed E-state index contributed by atoms with van der Waals surface area (Å²) in [7, 11) is -4.32. The third-order valence-electron chi connectivity index (χ3n) is 5.17. The van der Waals surface area contributed by atoms with Crippen LogP contribution in [-0.2, 0) is 30.6 Å². The van der Waals surface area contributed by atoms with E-state index in [4.69, 9.17) is 23.2 Å². The minimum absolute atomic E-state index is 0.0539. The number of β-lactam (4-membered cyclic amide) rings is 1. The van der Waals surface area contributed by atoms with E-state index in [0.29, 0.717) is 0 Å². The predicted octanol–water partition coefficient (Wildman–Crippen LogP) is 2.71. The Labute approximate surface area is 203 Å². The highest BCUT2D eigenvalue weighted by Crippen LogP contribution is 2.44. The number of thioether (sulfide) groups is 1. The van der Waals surface area contributed by atoms with E-state index in [1.54, 1.807) is 24.3 Å². The average Bonchev–Trinajstić information content (AvgIpc) is 2.76. The molecule has 0 saturated carbocycles. The van der Waals surface area contributed by atoms with Crippen LogP contribution in [0.3, 0.4) is 0 Å². The molecular weight excluding hydrogens is 511 g/mol. The minimum Gasteiger partial charge on any atom is -0.477 e. The summed E-state index contributed by atoms with van der Waals surface area (Å²) in [6, 6.07) is 11.7. The second kappa shape index (κ2) is 9.02. The number of amides is 2. The van der Waals surface area contributed by atoms with E-state index in [-0.39, 0.29) is 27.1 Å². The number of hydrogen-bond donors (Lipinski definition) is 2. The van der Waals surface area contributed by atoms with Crippen LogP contribution in [0.25, 0.3) is 0 Å². The van der Waals surface area contributed by atoms with Gasteiger partial charge in [0.15, 0.2) is 0 Å². The lowest BCUT2D eigenvalue weighted by molar-refractivity contribution is -0.150. The molecule has 2 aromatic rings. The summed E-state index contributed by atoms with van der Waals surface area (Å²) in [4.78, 5) is 37.3. The summed E-state index contributed by atoms with van der Waals surface area (Å²) in [5, 5.41) is 11.7. The maximum absolute atomic E-state index is 13.2. The van der Waals surface area contributed by atoms with Crippen LogP contribution in [0.4, 0.5) is 0 Å². The summed E-state index contributed by atoms with van der Waals surface area (Å²) in [5.41, 5.74) is 0.123. The molecule has 2 atom stereocenters. The number of carbonyl (C=O) groups excluding carboxylic acids is 2. The van der Waals surface area contributed by atoms with Gasteiger partial charge in [0.2, 0.25) is 15.7 Å². The number of fused-ring (bicyclic) bond motifs is 1. The Balaban J connectivity index is 1.60. The van der Waals surface area contributed by atoms with Crippen molar-refractivity contribution in [3.63, 3.8) is 0 Å². The molecule has 2 unspecified atom stereocenters. The normalized spacial score (nSPS) is 20.2. The maximum atomic E-state index is 13.2. The van der Waals surface area contributed by atoms with Gasteiger partial charge < -0.3 is 10.4 Å². The van der Waals surface area contributed by atoms with E-state index >= 15 is 0 Å². The molecule has 1 fully saturated rings. The van der Waals surface area contributed by atoms with Crippen LogP contribution in [0.2, 0.25) is 10.0 Å². The second-order valence-corrected chi connectivity index (χ2v) is 11.2. The molecule has 1 saturated heterocycles. The lowest BCUT2D eigenvalue weighted by atomic mass is 10.0. The molecule has 0 aliphatic carbocycles. The number of benzene rings is 2. The molecule has 4 rings (SSSR count). The molecule has 0 bridgehead atoms. The molecule has 2 aliphatic heterocycles. The molecule has 8 nitrogen and oxygen atoms in total. The van der Waals surface area contributed by atoms with Crippen LogP contribution in [0.1, 0.15) is 5.56 Å². The maximum Gasteiger partial charge on any atom is 0.353 e. The number of rotatable bonds is 6. The van der Waals surface area contributed by atoms with Crippen LogP contribution in [0.5, 0.6) is 0 Å². The van der Waals surface area contributed by atoms with Crippen molar-refractivity contribution in [2.45, 2.75) is 22.7 Å². The Morgan fingerprint density at radius 1 is 1.15 bits per heavy atom. The molecule has 0 spiro atoms.